The number of aromatic nitrogens is 1. The van der Waals surface area contributed by atoms with Crippen LogP contribution < -0.4 is 9.64 Å². The number of Topliss-reactive ketones (excluding diaryl/α,β-unsaturated/α-hetero) is 1. The highest BCUT2D eigenvalue weighted by Gasteiger charge is 2.48. The van der Waals surface area contributed by atoms with E-state index in [4.69, 9.17) is 21.3 Å². The van der Waals surface area contributed by atoms with E-state index in [0.717, 1.165) is 21.3 Å². The molecule has 182 valence electrons. The van der Waals surface area contributed by atoms with Gasteiger partial charge < -0.3 is 9.84 Å². The summed E-state index contributed by atoms with van der Waals surface area (Å²) in [5.74, 6) is -1.19. The Morgan fingerprint density at radius 3 is 2.58 bits per heavy atom. The summed E-state index contributed by atoms with van der Waals surface area (Å²) in [7, 11) is 0. The monoisotopic (exact) mass is 518 g/mol. The van der Waals surface area contributed by atoms with Crippen LogP contribution in [0, 0.1) is 13.8 Å². The lowest BCUT2D eigenvalue weighted by Gasteiger charge is -2.23. The second-order valence-corrected chi connectivity index (χ2v) is 10.1. The maximum atomic E-state index is 13.5. The highest BCUT2D eigenvalue weighted by Crippen LogP contribution is 2.45. The van der Waals surface area contributed by atoms with Crippen molar-refractivity contribution in [3.8, 4) is 5.75 Å². The number of anilines is 1. The molecule has 2 heterocycles. The Morgan fingerprint density at radius 1 is 1.11 bits per heavy atom. The molecule has 0 spiro atoms. The van der Waals surface area contributed by atoms with Crippen LogP contribution in [0.15, 0.2) is 66.2 Å². The Labute approximate surface area is 217 Å². The number of amides is 1. The van der Waals surface area contributed by atoms with Crippen molar-refractivity contribution in [1.29, 1.82) is 0 Å². The summed E-state index contributed by atoms with van der Waals surface area (Å²) in [6.45, 7) is 6.32. The van der Waals surface area contributed by atoms with Gasteiger partial charge >= 0.3 is 5.91 Å². The van der Waals surface area contributed by atoms with Crippen molar-refractivity contribution >= 4 is 55.7 Å². The van der Waals surface area contributed by atoms with E-state index < -0.39 is 17.7 Å². The zero-order valence-corrected chi connectivity index (χ0v) is 21.5. The van der Waals surface area contributed by atoms with Gasteiger partial charge in [0.15, 0.2) is 5.13 Å². The van der Waals surface area contributed by atoms with E-state index in [1.54, 1.807) is 36.4 Å². The van der Waals surface area contributed by atoms with Crippen LogP contribution in [0.3, 0.4) is 0 Å². The third-order valence-electron chi connectivity index (χ3n) is 6.07. The number of aryl methyl sites for hydroxylation is 2. The number of carbonyl (C=O) groups excluding carboxylic acids is 2. The van der Waals surface area contributed by atoms with E-state index in [1.165, 1.54) is 16.2 Å². The second-order valence-electron chi connectivity index (χ2n) is 8.61. The topological polar surface area (TPSA) is 79.7 Å². The standard InChI is InChI=1S/C28H23ClN2O4S/c1-4-35-20-7-5-6-18(14-20)24-22(25(32)17-8-10-19(29)11-9-17)26(33)27(34)31(24)28-30-23-16(3)12-15(2)13-21(23)36-28/h5-14,24,32H,4H2,1-3H3/b25-22+. The van der Waals surface area contributed by atoms with Crippen LogP contribution in [-0.2, 0) is 9.59 Å². The first-order valence-corrected chi connectivity index (χ1v) is 12.7. The van der Waals surface area contributed by atoms with E-state index in [-0.39, 0.29) is 11.3 Å². The van der Waals surface area contributed by atoms with Crippen molar-refractivity contribution in [2.24, 2.45) is 0 Å². The summed E-state index contributed by atoms with van der Waals surface area (Å²) in [4.78, 5) is 33.0. The first-order chi connectivity index (χ1) is 17.3. The van der Waals surface area contributed by atoms with Crippen molar-refractivity contribution in [3.05, 3.63) is 93.5 Å². The summed E-state index contributed by atoms with van der Waals surface area (Å²) in [6, 6.07) is 16.8. The van der Waals surface area contributed by atoms with E-state index >= 15 is 0 Å². The summed E-state index contributed by atoms with van der Waals surface area (Å²) in [5.41, 5.74) is 3.85. The van der Waals surface area contributed by atoms with E-state index in [9.17, 15) is 14.7 Å². The molecule has 1 atom stereocenters. The quantitative estimate of drug-likeness (QED) is 0.183. The molecule has 3 aromatic carbocycles. The van der Waals surface area contributed by atoms with Gasteiger partial charge in [-0.05, 0) is 79.9 Å². The fraction of sp³-hybridized carbons (Fsp3) is 0.179. The Bertz CT molecular complexity index is 1540. The molecule has 0 bridgehead atoms. The SMILES string of the molecule is CCOc1cccc(C2/C(=C(\O)c3ccc(Cl)cc3)C(=O)C(=O)N2c2nc3c(C)cc(C)cc3s2)c1. The van der Waals surface area contributed by atoms with Crippen LogP contribution in [0.1, 0.15) is 35.2 Å². The fourth-order valence-electron chi connectivity index (χ4n) is 4.51. The first-order valence-electron chi connectivity index (χ1n) is 11.5. The third-order valence-corrected chi connectivity index (χ3v) is 7.33. The van der Waals surface area contributed by atoms with Crippen molar-refractivity contribution in [2.45, 2.75) is 26.8 Å². The molecule has 4 aromatic rings. The van der Waals surface area contributed by atoms with Gasteiger partial charge in [-0.3, -0.25) is 14.5 Å². The number of fused-ring (bicyclic) bond motifs is 1. The molecule has 0 radical (unpaired) electrons. The highest BCUT2D eigenvalue weighted by molar-refractivity contribution is 7.22. The van der Waals surface area contributed by atoms with Gasteiger partial charge in [-0.2, -0.15) is 0 Å². The number of aliphatic hydroxyl groups is 1. The molecule has 5 rings (SSSR count). The molecule has 1 unspecified atom stereocenters. The lowest BCUT2D eigenvalue weighted by atomic mass is 9.95. The minimum atomic E-state index is -0.886. The maximum absolute atomic E-state index is 13.5. The number of halogens is 1. The molecule has 1 saturated heterocycles. The van der Waals surface area contributed by atoms with Gasteiger partial charge in [0.05, 0.1) is 28.4 Å². The molecule has 0 aliphatic carbocycles. The van der Waals surface area contributed by atoms with Crippen molar-refractivity contribution in [1.82, 2.24) is 4.98 Å². The fourth-order valence-corrected chi connectivity index (χ4v) is 5.81. The van der Waals surface area contributed by atoms with Crippen LogP contribution in [0.25, 0.3) is 16.0 Å². The summed E-state index contributed by atoms with van der Waals surface area (Å²) in [6.07, 6.45) is 0. The number of nitrogens with zero attached hydrogens (tertiary/aromatic N) is 2. The van der Waals surface area contributed by atoms with Crippen LogP contribution in [0.5, 0.6) is 5.75 Å². The van der Waals surface area contributed by atoms with Crippen LogP contribution in [0.4, 0.5) is 5.13 Å². The van der Waals surface area contributed by atoms with Gasteiger partial charge in [-0.1, -0.05) is 41.1 Å². The van der Waals surface area contributed by atoms with Gasteiger partial charge in [0.2, 0.25) is 0 Å². The summed E-state index contributed by atoms with van der Waals surface area (Å²) < 4.78 is 6.60. The van der Waals surface area contributed by atoms with Crippen molar-refractivity contribution in [2.75, 3.05) is 11.5 Å². The predicted octanol–water partition coefficient (Wildman–Crippen LogP) is 6.59. The van der Waals surface area contributed by atoms with Gasteiger partial charge in [-0.15, -0.1) is 0 Å². The molecule has 1 fully saturated rings. The third kappa shape index (κ3) is 4.14. The Kier molecular flexibility index (Phi) is 6.28. The smallest absolute Gasteiger partial charge is 0.301 e. The van der Waals surface area contributed by atoms with E-state index in [1.807, 2.05) is 45.0 Å². The van der Waals surface area contributed by atoms with Crippen LogP contribution in [0.2, 0.25) is 5.02 Å². The van der Waals surface area contributed by atoms with E-state index in [2.05, 4.69) is 0 Å². The molecule has 1 aliphatic heterocycles. The van der Waals surface area contributed by atoms with Gasteiger partial charge in [-0.25, -0.2) is 4.98 Å². The first kappa shape index (κ1) is 24.0. The molecule has 1 aliphatic rings. The highest BCUT2D eigenvalue weighted by atomic mass is 35.5. The Balaban J connectivity index is 1.74. The average Bonchev–Trinajstić information content (AvgIpc) is 3.38. The maximum Gasteiger partial charge on any atom is 0.301 e. The van der Waals surface area contributed by atoms with E-state index in [0.29, 0.717) is 33.6 Å². The molecule has 1 amide bonds. The number of benzene rings is 3. The van der Waals surface area contributed by atoms with Crippen LogP contribution >= 0.6 is 22.9 Å². The van der Waals surface area contributed by atoms with Crippen LogP contribution in [-0.4, -0.2) is 28.4 Å². The number of thiazole rings is 1. The largest absolute Gasteiger partial charge is 0.507 e. The van der Waals surface area contributed by atoms with Gasteiger partial charge in [0.1, 0.15) is 11.5 Å². The normalized spacial score (nSPS) is 17.2. The lowest BCUT2D eigenvalue weighted by Crippen LogP contribution is -2.29. The number of hydrogen-bond donors (Lipinski definition) is 1. The molecule has 8 heteroatoms. The Morgan fingerprint density at radius 2 is 1.86 bits per heavy atom. The zero-order chi connectivity index (χ0) is 25.6. The van der Waals surface area contributed by atoms with Gasteiger partial charge in [0, 0.05) is 10.6 Å². The number of rotatable bonds is 5. The molecule has 36 heavy (non-hydrogen) atoms. The lowest BCUT2D eigenvalue weighted by molar-refractivity contribution is -0.132. The average molecular weight is 519 g/mol. The zero-order valence-electron chi connectivity index (χ0n) is 19.9. The second kappa shape index (κ2) is 9.41. The number of hydrogen-bond acceptors (Lipinski definition) is 6. The predicted molar refractivity (Wildman–Crippen MR) is 143 cm³/mol. The number of carbonyl (C=O) groups is 2. The Hall–Kier alpha value is -3.68. The number of aliphatic hydroxyl groups excluding tert-OH is 1. The minimum absolute atomic E-state index is 0.0110. The van der Waals surface area contributed by atoms with Crippen molar-refractivity contribution < 1.29 is 19.4 Å². The molecule has 0 saturated carbocycles. The molecule has 1 aromatic heterocycles. The molecule has 1 N–H and O–H groups in total. The minimum Gasteiger partial charge on any atom is -0.507 e. The molecular weight excluding hydrogens is 496 g/mol. The summed E-state index contributed by atoms with van der Waals surface area (Å²) in [5, 5.41) is 12.2. The molecule has 6 nitrogen and oxygen atoms in total. The number of ether oxygens (including phenoxy) is 1. The van der Waals surface area contributed by atoms with Gasteiger partial charge in [0.25, 0.3) is 5.78 Å². The molecular formula is C28H23ClN2O4S. The number of ketones is 1. The van der Waals surface area contributed by atoms with Crippen molar-refractivity contribution in [3.63, 3.8) is 0 Å². The summed E-state index contributed by atoms with van der Waals surface area (Å²) >= 11 is 7.36.